The van der Waals surface area contributed by atoms with Crippen molar-refractivity contribution in [1.82, 2.24) is 0 Å². The predicted molar refractivity (Wildman–Crippen MR) is 103 cm³/mol. The van der Waals surface area contributed by atoms with E-state index in [4.69, 9.17) is 4.74 Å². The fourth-order valence-electron chi connectivity index (χ4n) is 3.83. The zero-order valence-electron chi connectivity index (χ0n) is 13.6. The first kappa shape index (κ1) is 17.4. The molecule has 2 rings (SSSR count). The van der Waals surface area contributed by atoms with Gasteiger partial charge in [0, 0.05) is 10.3 Å². The van der Waals surface area contributed by atoms with Crippen LogP contribution in [0.25, 0.3) is 0 Å². The summed E-state index contributed by atoms with van der Waals surface area (Å²) in [5.74, 6) is 2.72. The van der Waals surface area contributed by atoms with E-state index in [-0.39, 0.29) is 0 Å². The molecule has 1 fully saturated rings. The van der Waals surface area contributed by atoms with E-state index < -0.39 is 0 Å². The van der Waals surface area contributed by atoms with Crippen LogP contribution in [0.4, 0.5) is 0 Å². The Morgan fingerprint density at radius 1 is 1.33 bits per heavy atom. The Kier molecular flexibility index (Phi) is 7.69. The van der Waals surface area contributed by atoms with Crippen molar-refractivity contribution in [2.75, 3.05) is 6.61 Å². The van der Waals surface area contributed by atoms with E-state index in [0.29, 0.717) is 0 Å². The van der Waals surface area contributed by atoms with Crippen molar-refractivity contribution >= 4 is 29.9 Å². The van der Waals surface area contributed by atoms with Crippen molar-refractivity contribution in [1.29, 1.82) is 0 Å². The van der Waals surface area contributed by atoms with Gasteiger partial charge in [-0.3, -0.25) is 0 Å². The van der Waals surface area contributed by atoms with Crippen LogP contribution in [0, 0.1) is 11.8 Å². The van der Waals surface area contributed by atoms with Crippen LogP contribution < -0.4 is 0 Å². The minimum atomic E-state index is 0.841. The van der Waals surface area contributed by atoms with Gasteiger partial charge in [0.2, 0.25) is 0 Å². The van der Waals surface area contributed by atoms with Crippen LogP contribution in [0.2, 0.25) is 6.82 Å². The van der Waals surface area contributed by atoms with Crippen LogP contribution in [-0.4, -0.2) is 17.8 Å². The molecule has 0 aromatic rings. The normalized spacial score (nSPS) is 32.0. The third-order valence-corrected chi connectivity index (χ3v) is 6.14. The van der Waals surface area contributed by atoms with E-state index >= 15 is 0 Å². The molecule has 21 heavy (non-hydrogen) atoms. The van der Waals surface area contributed by atoms with E-state index in [1.54, 1.807) is 5.47 Å². The highest BCUT2D eigenvalue weighted by Crippen LogP contribution is 2.36. The maximum absolute atomic E-state index is 5.71. The molecule has 3 unspecified atom stereocenters. The van der Waals surface area contributed by atoms with Gasteiger partial charge in [-0.15, -0.1) is 5.47 Å². The molecule has 0 spiro atoms. The zero-order chi connectivity index (χ0) is 15.1. The monoisotopic (exact) mass is 400 g/mol. The van der Waals surface area contributed by atoms with Gasteiger partial charge in [0.1, 0.15) is 7.28 Å². The lowest BCUT2D eigenvalue weighted by Crippen LogP contribution is -2.21. The molecule has 1 heterocycles. The van der Waals surface area contributed by atoms with E-state index in [1.165, 1.54) is 58.6 Å². The summed E-state index contributed by atoms with van der Waals surface area (Å²) in [7, 11) is 1.25. The Bertz CT molecular complexity index is 366. The third-order valence-electron chi connectivity index (χ3n) is 5.12. The minimum absolute atomic E-state index is 0.841. The van der Waals surface area contributed by atoms with E-state index in [2.05, 4.69) is 42.1 Å². The third kappa shape index (κ3) is 6.00. The van der Waals surface area contributed by atoms with Gasteiger partial charge < -0.3 is 4.74 Å². The standard InChI is InChI=1S/C18H30BIO/c1-14-7-8-15(6-4-3-5-11-21-14)12-16-13-17(20)9-10-18(16)19-2/h10,15-17,19H,1,3-9,11-13H2,2H3. The number of rotatable bonds is 3. The van der Waals surface area contributed by atoms with E-state index in [1.807, 2.05) is 0 Å². The summed E-state index contributed by atoms with van der Waals surface area (Å²) >= 11 is 2.64. The van der Waals surface area contributed by atoms with Crippen molar-refractivity contribution in [3.63, 3.8) is 0 Å². The molecule has 3 heteroatoms. The van der Waals surface area contributed by atoms with Gasteiger partial charge in [-0.05, 0) is 43.9 Å². The number of alkyl halides is 1. The van der Waals surface area contributed by atoms with Gasteiger partial charge in [0.15, 0.2) is 0 Å². The molecule has 0 aromatic carbocycles. The molecule has 0 N–H and O–H groups in total. The predicted octanol–water partition coefficient (Wildman–Crippen LogP) is 5.46. The molecule has 1 aliphatic heterocycles. The second kappa shape index (κ2) is 9.27. The smallest absolute Gasteiger partial charge is 0.149 e. The molecule has 1 nitrogen and oxygen atoms in total. The second-order valence-electron chi connectivity index (χ2n) is 6.78. The van der Waals surface area contributed by atoms with Gasteiger partial charge in [-0.25, -0.2) is 0 Å². The number of hydrogen-bond donors (Lipinski definition) is 0. The first-order valence-corrected chi connectivity index (χ1v) is 10.1. The highest BCUT2D eigenvalue weighted by molar-refractivity contribution is 14.1. The summed E-state index contributed by atoms with van der Waals surface area (Å²) < 4.78 is 6.56. The maximum Gasteiger partial charge on any atom is 0.149 e. The first-order chi connectivity index (χ1) is 10.2. The molecule has 3 atom stereocenters. The summed E-state index contributed by atoms with van der Waals surface area (Å²) in [5.41, 5.74) is 1.73. The van der Waals surface area contributed by atoms with Crippen molar-refractivity contribution < 1.29 is 4.74 Å². The average molecular weight is 400 g/mol. The Morgan fingerprint density at radius 3 is 3.00 bits per heavy atom. The molecule has 0 aromatic heterocycles. The van der Waals surface area contributed by atoms with Crippen molar-refractivity contribution in [2.45, 2.75) is 68.5 Å². The average Bonchev–Trinajstić information content (AvgIpc) is 2.48. The Labute approximate surface area is 145 Å². The molecular weight excluding hydrogens is 370 g/mol. The molecule has 0 amide bonds. The summed E-state index contributed by atoms with van der Waals surface area (Å²) in [6.07, 6.45) is 14.3. The summed E-state index contributed by atoms with van der Waals surface area (Å²) in [4.78, 5) is 0. The molecule has 0 bridgehead atoms. The van der Waals surface area contributed by atoms with Crippen LogP contribution in [0.5, 0.6) is 0 Å². The molecular formula is C18H30BIO. The summed E-state index contributed by atoms with van der Waals surface area (Å²) in [6, 6.07) is 0. The molecule has 0 radical (unpaired) electrons. The number of hydrogen-bond acceptors (Lipinski definition) is 1. The Morgan fingerprint density at radius 2 is 2.19 bits per heavy atom. The van der Waals surface area contributed by atoms with Gasteiger partial charge in [-0.2, -0.15) is 0 Å². The molecule has 0 saturated carbocycles. The number of halogens is 1. The molecule has 1 saturated heterocycles. The van der Waals surface area contributed by atoms with Crippen LogP contribution in [0.1, 0.15) is 57.8 Å². The maximum atomic E-state index is 5.71. The highest BCUT2D eigenvalue weighted by Gasteiger charge is 2.25. The van der Waals surface area contributed by atoms with Crippen molar-refractivity contribution in [3.05, 3.63) is 23.9 Å². The zero-order valence-corrected chi connectivity index (χ0v) is 15.7. The lowest BCUT2D eigenvalue weighted by Gasteiger charge is -2.31. The van der Waals surface area contributed by atoms with Gasteiger partial charge >= 0.3 is 0 Å². The van der Waals surface area contributed by atoms with Crippen LogP contribution >= 0.6 is 22.6 Å². The largest absolute Gasteiger partial charge is 0.499 e. The van der Waals surface area contributed by atoms with Gasteiger partial charge in [-0.1, -0.05) is 61.3 Å². The molecule has 118 valence electrons. The Balaban J connectivity index is 1.92. The number of allylic oxidation sites excluding steroid dienone is 3. The fourth-order valence-corrected chi connectivity index (χ4v) is 4.70. The number of ether oxygens (including phenoxy) is 1. The van der Waals surface area contributed by atoms with E-state index in [0.717, 1.165) is 34.5 Å². The second-order valence-corrected chi connectivity index (χ2v) is 8.54. The summed E-state index contributed by atoms with van der Waals surface area (Å²) in [6.45, 7) is 7.29. The van der Waals surface area contributed by atoms with Crippen molar-refractivity contribution in [3.8, 4) is 0 Å². The fraction of sp³-hybridized carbons (Fsp3) is 0.778. The topological polar surface area (TPSA) is 9.23 Å². The molecule has 1 aliphatic carbocycles. The highest BCUT2D eigenvalue weighted by atomic mass is 127. The van der Waals surface area contributed by atoms with Gasteiger partial charge in [0.05, 0.1) is 12.4 Å². The van der Waals surface area contributed by atoms with Crippen LogP contribution in [-0.2, 0) is 4.74 Å². The van der Waals surface area contributed by atoms with Crippen molar-refractivity contribution in [2.24, 2.45) is 11.8 Å². The SMILES string of the molecule is C=C1CCC(CC2CC(I)CC=C2BC)CCCCCO1. The quantitative estimate of drug-likeness (QED) is 0.347. The van der Waals surface area contributed by atoms with E-state index in [9.17, 15) is 0 Å². The molecule has 2 aliphatic rings. The first-order valence-electron chi connectivity index (χ1n) is 8.82. The van der Waals surface area contributed by atoms with Gasteiger partial charge in [0.25, 0.3) is 0 Å². The lowest BCUT2D eigenvalue weighted by atomic mass is 9.61. The Hall–Kier alpha value is 0.0749. The van der Waals surface area contributed by atoms with Crippen LogP contribution in [0.15, 0.2) is 23.9 Å². The summed E-state index contributed by atoms with van der Waals surface area (Å²) in [5, 5.41) is 0. The lowest BCUT2D eigenvalue weighted by molar-refractivity contribution is 0.181. The minimum Gasteiger partial charge on any atom is -0.499 e. The van der Waals surface area contributed by atoms with Crippen LogP contribution in [0.3, 0.4) is 0 Å².